The lowest BCUT2D eigenvalue weighted by Gasteiger charge is -2.19. The number of hydrogen-bond donors (Lipinski definition) is 1. The van der Waals surface area contributed by atoms with Gasteiger partial charge in [-0.2, -0.15) is 0 Å². The van der Waals surface area contributed by atoms with Crippen LogP contribution in [-0.2, 0) is 9.53 Å². The highest BCUT2D eigenvalue weighted by atomic mass is 16.6. The monoisotopic (exact) mass is 352 g/mol. The Morgan fingerprint density at radius 2 is 1.81 bits per heavy atom. The van der Waals surface area contributed by atoms with Gasteiger partial charge in [0.1, 0.15) is 5.75 Å². The van der Waals surface area contributed by atoms with E-state index in [2.05, 4.69) is 9.97 Å². The predicted octanol–water partition coefficient (Wildman–Crippen LogP) is 3.38. The quantitative estimate of drug-likeness (QED) is 0.688. The van der Waals surface area contributed by atoms with Gasteiger partial charge in [0.05, 0.1) is 10.9 Å². The van der Waals surface area contributed by atoms with Crippen LogP contribution in [0.15, 0.2) is 59.4 Å². The standard InChI is InChI=1S/C20H20N2O4/c1-3-17(26-14-9-5-4-6-10-14)20(24)25-13(2)18-21-16-12-8-7-11-15(16)19(23)22-18/h4-13,17H,3H2,1-2H3,(H,21,22,23)/t13-,17+/m1/s1. The van der Waals surface area contributed by atoms with E-state index in [4.69, 9.17) is 9.47 Å². The molecule has 6 nitrogen and oxygen atoms in total. The van der Waals surface area contributed by atoms with Gasteiger partial charge in [-0.1, -0.05) is 37.3 Å². The number of aromatic amines is 1. The minimum absolute atomic E-state index is 0.263. The van der Waals surface area contributed by atoms with Gasteiger partial charge in [-0.15, -0.1) is 0 Å². The lowest BCUT2D eigenvalue weighted by molar-refractivity contribution is -0.157. The third kappa shape index (κ3) is 3.91. The third-order valence-corrected chi connectivity index (χ3v) is 3.96. The first-order valence-corrected chi connectivity index (χ1v) is 8.49. The van der Waals surface area contributed by atoms with Crippen LogP contribution in [0.25, 0.3) is 10.9 Å². The normalized spacial score (nSPS) is 13.2. The Labute approximate surface area is 150 Å². The number of hydrogen-bond acceptors (Lipinski definition) is 5. The molecule has 1 N–H and O–H groups in total. The second-order valence-corrected chi connectivity index (χ2v) is 5.88. The summed E-state index contributed by atoms with van der Waals surface area (Å²) in [5.74, 6) is 0.400. The molecule has 2 aromatic carbocycles. The molecule has 1 heterocycles. The second kappa shape index (κ2) is 7.82. The summed E-state index contributed by atoms with van der Waals surface area (Å²) in [6.45, 7) is 3.51. The van der Waals surface area contributed by atoms with Gasteiger partial charge in [-0.25, -0.2) is 9.78 Å². The molecule has 26 heavy (non-hydrogen) atoms. The van der Waals surface area contributed by atoms with E-state index in [1.807, 2.05) is 25.1 Å². The fourth-order valence-corrected chi connectivity index (χ4v) is 2.56. The second-order valence-electron chi connectivity index (χ2n) is 5.88. The van der Waals surface area contributed by atoms with Crippen LogP contribution in [-0.4, -0.2) is 22.0 Å². The smallest absolute Gasteiger partial charge is 0.348 e. The first-order chi connectivity index (χ1) is 12.6. The number of carbonyl (C=O) groups excluding carboxylic acids is 1. The molecule has 0 fully saturated rings. The molecule has 0 radical (unpaired) electrons. The summed E-state index contributed by atoms with van der Waals surface area (Å²) in [6, 6.07) is 16.1. The SMILES string of the molecule is CC[C@H](Oc1ccccc1)C(=O)O[C@H](C)c1nc2ccccc2c(=O)[nH]1. The number of rotatable bonds is 6. The Morgan fingerprint density at radius 1 is 1.12 bits per heavy atom. The van der Waals surface area contributed by atoms with Gasteiger partial charge in [-0.05, 0) is 37.6 Å². The zero-order chi connectivity index (χ0) is 18.5. The van der Waals surface area contributed by atoms with E-state index in [0.29, 0.717) is 28.9 Å². The van der Waals surface area contributed by atoms with E-state index in [0.717, 1.165) is 0 Å². The largest absolute Gasteiger partial charge is 0.479 e. The fraction of sp³-hybridized carbons (Fsp3) is 0.250. The number of esters is 1. The summed E-state index contributed by atoms with van der Waals surface area (Å²) in [6.07, 6.45) is -0.970. The zero-order valence-electron chi connectivity index (χ0n) is 14.6. The zero-order valence-corrected chi connectivity index (χ0v) is 14.6. The molecule has 0 aliphatic rings. The van der Waals surface area contributed by atoms with Crippen LogP contribution in [0.3, 0.4) is 0 Å². The maximum absolute atomic E-state index is 12.4. The first kappa shape index (κ1) is 17.7. The Bertz CT molecular complexity index is 953. The van der Waals surface area contributed by atoms with Crippen molar-refractivity contribution in [2.24, 2.45) is 0 Å². The van der Waals surface area contributed by atoms with E-state index in [9.17, 15) is 9.59 Å². The van der Waals surface area contributed by atoms with E-state index < -0.39 is 18.2 Å². The van der Waals surface area contributed by atoms with Crippen molar-refractivity contribution in [3.05, 3.63) is 70.8 Å². The number of fused-ring (bicyclic) bond motifs is 1. The van der Waals surface area contributed by atoms with Crippen molar-refractivity contribution in [2.45, 2.75) is 32.5 Å². The summed E-state index contributed by atoms with van der Waals surface area (Å²) in [5.41, 5.74) is 0.294. The Morgan fingerprint density at radius 3 is 2.54 bits per heavy atom. The minimum atomic E-state index is -0.730. The topological polar surface area (TPSA) is 81.3 Å². The highest BCUT2D eigenvalue weighted by molar-refractivity contribution is 5.77. The molecule has 0 saturated heterocycles. The molecule has 0 aliphatic carbocycles. The molecule has 0 spiro atoms. The van der Waals surface area contributed by atoms with Gasteiger partial charge >= 0.3 is 5.97 Å². The Hall–Kier alpha value is -3.15. The van der Waals surface area contributed by atoms with Gasteiger partial charge in [-0.3, -0.25) is 4.79 Å². The average Bonchev–Trinajstić information content (AvgIpc) is 2.66. The lowest BCUT2D eigenvalue weighted by Crippen LogP contribution is -2.30. The van der Waals surface area contributed by atoms with E-state index in [1.54, 1.807) is 43.3 Å². The average molecular weight is 352 g/mol. The van der Waals surface area contributed by atoms with Crippen LogP contribution in [0.1, 0.15) is 32.2 Å². The number of aromatic nitrogens is 2. The molecule has 0 saturated carbocycles. The van der Waals surface area contributed by atoms with E-state index in [1.165, 1.54) is 0 Å². The van der Waals surface area contributed by atoms with Crippen LogP contribution in [0.5, 0.6) is 5.75 Å². The molecule has 0 unspecified atom stereocenters. The van der Waals surface area contributed by atoms with E-state index >= 15 is 0 Å². The molecule has 3 aromatic rings. The lowest BCUT2D eigenvalue weighted by atomic mass is 10.2. The Balaban J connectivity index is 1.75. The number of H-pyrrole nitrogens is 1. The van der Waals surface area contributed by atoms with E-state index in [-0.39, 0.29) is 5.56 Å². The molecular weight excluding hydrogens is 332 g/mol. The highest BCUT2D eigenvalue weighted by Crippen LogP contribution is 2.18. The van der Waals surface area contributed by atoms with Crippen molar-refractivity contribution in [3.63, 3.8) is 0 Å². The van der Waals surface area contributed by atoms with Crippen LogP contribution < -0.4 is 10.3 Å². The van der Waals surface area contributed by atoms with Crippen LogP contribution in [0.4, 0.5) is 0 Å². The molecule has 0 bridgehead atoms. The number of para-hydroxylation sites is 2. The minimum Gasteiger partial charge on any atom is -0.479 e. The van der Waals surface area contributed by atoms with Crippen molar-refractivity contribution >= 4 is 16.9 Å². The van der Waals surface area contributed by atoms with Gasteiger partial charge in [0.25, 0.3) is 5.56 Å². The molecule has 1 aromatic heterocycles. The molecule has 0 aliphatic heterocycles. The molecule has 134 valence electrons. The summed E-state index contributed by atoms with van der Waals surface area (Å²) in [5, 5.41) is 0.494. The van der Waals surface area contributed by atoms with Crippen LogP contribution in [0, 0.1) is 0 Å². The molecule has 0 amide bonds. The van der Waals surface area contributed by atoms with Crippen molar-refractivity contribution < 1.29 is 14.3 Å². The number of benzene rings is 2. The van der Waals surface area contributed by atoms with Crippen molar-refractivity contribution in [2.75, 3.05) is 0 Å². The first-order valence-electron chi connectivity index (χ1n) is 8.49. The number of nitrogens with one attached hydrogen (secondary N) is 1. The summed E-state index contributed by atoms with van der Waals surface area (Å²) in [4.78, 5) is 31.7. The molecule has 3 rings (SSSR count). The van der Waals surface area contributed by atoms with Crippen LogP contribution >= 0.6 is 0 Å². The van der Waals surface area contributed by atoms with Gasteiger partial charge in [0, 0.05) is 0 Å². The van der Waals surface area contributed by atoms with Gasteiger partial charge in [0.2, 0.25) is 0 Å². The number of nitrogens with zero attached hydrogens (tertiary/aromatic N) is 1. The predicted molar refractivity (Wildman–Crippen MR) is 98.0 cm³/mol. The van der Waals surface area contributed by atoms with Crippen molar-refractivity contribution in [1.82, 2.24) is 9.97 Å². The maximum atomic E-state index is 12.4. The third-order valence-electron chi connectivity index (χ3n) is 3.96. The summed E-state index contributed by atoms with van der Waals surface area (Å²) in [7, 11) is 0. The summed E-state index contributed by atoms with van der Waals surface area (Å²) >= 11 is 0. The Kier molecular flexibility index (Phi) is 5.31. The van der Waals surface area contributed by atoms with Crippen molar-refractivity contribution in [3.8, 4) is 5.75 Å². The number of carbonyl (C=O) groups is 1. The maximum Gasteiger partial charge on any atom is 0.348 e. The van der Waals surface area contributed by atoms with Gasteiger partial charge < -0.3 is 14.5 Å². The molecule has 2 atom stereocenters. The molecular formula is C20H20N2O4. The van der Waals surface area contributed by atoms with Crippen LogP contribution in [0.2, 0.25) is 0 Å². The number of ether oxygens (including phenoxy) is 2. The molecule has 6 heteroatoms. The highest BCUT2D eigenvalue weighted by Gasteiger charge is 2.24. The van der Waals surface area contributed by atoms with Gasteiger partial charge in [0.15, 0.2) is 18.0 Å². The van der Waals surface area contributed by atoms with Crippen molar-refractivity contribution in [1.29, 1.82) is 0 Å². The fourth-order valence-electron chi connectivity index (χ4n) is 2.56. The summed E-state index contributed by atoms with van der Waals surface area (Å²) < 4.78 is 11.2.